The zero-order valence-corrected chi connectivity index (χ0v) is 12.2. The van der Waals surface area contributed by atoms with Crippen LogP contribution in [0, 0.1) is 39.5 Å². The van der Waals surface area contributed by atoms with Crippen molar-refractivity contribution in [1.82, 2.24) is 5.32 Å². The summed E-state index contributed by atoms with van der Waals surface area (Å²) in [5.41, 5.74) is 6.72. The molecule has 2 atom stereocenters. The quantitative estimate of drug-likeness (QED) is 0.857. The summed E-state index contributed by atoms with van der Waals surface area (Å²) in [5, 5.41) is 12.3. The Bertz CT molecular complexity index is 482. The molecule has 1 fully saturated rings. The van der Waals surface area contributed by atoms with Crippen molar-refractivity contribution in [2.75, 3.05) is 6.54 Å². The molecular formula is C16H23NO2. The normalized spacial score (nSPS) is 21.5. The van der Waals surface area contributed by atoms with Gasteiger partial charge in [-0.25, -0.2) is 0 Å². The molecule has 1 aromatic rings. The molecule has 0 bridgehead atoms. The van der Waals surface area contributed by atoms with Gasteiger partial charge in [-0.1, -0.05) is 6.07 Å². The van der Waals surface area contributed by atoms with Crippen LogP contribution >= 0.6 is 0 Å². The molecule has 3 nitrogen and oxygen atoms in total. The lowest BCUT2D eigenvalue weighted by molar-refractivity contribution is -0.138. The highest BCUT2D eigenvalue weighted by molar-refractivity contribution is 5.73. The summed E-state index contributed by atoms with van der Waals surface area (Å²) < 4.78 is 0. The first-order chi connectivity index (χ1) is 8.91. The number of aliphatic carboxylic acids is 1. The number of benzene rings is 1. The molecule has 1 saturated carbocycles. The van der Waals surface area contributed by atoms with Crippen LogP contribution in [-0.4, -0.2) is 17.6 Å². The van der Waals surface area contributed by atoms with Crippen molar-refractivity contribution in [3.8, 4) is 0 Å². The van der Waals surface area contributed by atoms with E-state index in [9.17, 15) is 4.79 Å². The predicted molar refractivity (Wildman–Crippen MR) is 76.3 cm³/mol. The Kier molecular flexibility index (Phi) is 3.95. The maximum absolute atomic E-state index is 10.8. The number of carbonyl (C=O) groups is 1. The van der Waals surface area contributed by atoms with Crippen LogP contribution in [0.4, 0.5) is 0 Å². The van der Waals surface area contributed by atoms with Crippen molar-refractivity contribution in [1.29, 1.82) is 0 Å². The van der Waals surface area contributed by atoms with E-state index in [0.717, 1.165) is 19.5 Å². The zero-order chi connectivity index (χ0) is 14.2. The third-order valence-electron chi connectivity index (χ3n) is 4.47. The van der Waals surface area contributed by atoms with Gasteiger partial charge in [0.15, 0.2) is 0 Å². The molecule has 0 radical (unpaired) electrons. The number of carboxylic acid groups (broad SMARTS) is 1. The van der Waals surface area contributed by atoms with Crippen LogP contribution in [0.3, 0.4) is 0 Å². The van der Waals surface area contributed by atoms with Crippen LogP contribution in [0.25, 0.3) is 0 Å². The highest BCUT2D eigenvalue weighted by Gasteiger charge is 2.42. The van der Waals surface area contributed by atoms with Gasteiger partial charge >= 0.3 is 5.97 Å². The second kappa shape index (κ2) is 5.33. The Balaban J connectivity index is 1.95. The lowest BCUT2D eigenvalue weighted by Crippen LogP contribution is -2.20. The standard InChI is InChI=1S/C16H23NO2/c1-9-5-10(2)12(4)15(11(9)3)8-17-7-13-6-14(13)16(18)19/h5,13-14,17H,6-8H2,1-4H3,(H,18,19). The summed E-state index contributed by atoms with van der Waals surface area (Å²) in [6, 6.07) is 2.23. The van der Waals surface area contributed by atoms with Gasteiger partial charge in [-0.05, 0) is 74.4 Å². The van der Waals surface area contributed by atoms with Crippen LogP contribution < -0.4 is 5.32 Å². The van der Waals surface area contributed by atoms with E-state index >= 15 is 0 Å². The number of carboxylic acids is 1. The van der Waals surface area contributed by atoms with E-state index in [1.54, 1.807) is 0 Å². The Labute approximate surface area is 115 Å². The molecule has 2 unspecified atom stereocenters. The molecule has 0 aromatic heterocycles. The molecule has 1 aliphatic carbocycles. The molecule has 0 aliphatic heterocycles. The average molecular weight is 261 g/mol. The maximum atomic E-state index is 10.8. The Morgan fingerprint density at radius 2 is 1.84 bits per heavy atom. The van der Waals surface area contributed by atoms with Gasteiger partial charge in [-0.2, -0.15) is 0 Å². The number of aryl methyl sites for hydroxylation is 2. The Hall–Kier alpha value is -1.35. The molecule has 0 saturated heterocycles. The van der Waals surface area contributed by atoms with E-state index in [2.05, 4.69) is 39.1 Å². The van der Waals surface area contributed by atoms with Crippen molar-refractivity contribution in [3.05, 3.63) is 33.9 Å². The number of nitrogens with one attached hydrogen (secondary N) is 1. The second-order valence-corrected chi connectivity index (χ2v) is 5.81. The number of hydrogen-bond donors (Lipinski definition) is 2. The van der Waals surface area contributed by atoms with E-state index in [-0.39, 0.29) is 5.92 Å². The number of rotatable bonds is 5. The van der Waals surface area contributed by atoms with Crippen molar-refractivity contribution < 1.29 is 9.90 Å². The van der Waals surface area contributed by atoms with E-state index in [1.165, 1.54) is 27.8 Å². The van der Waals surface area contributed by atoms with Crippen LogP contribution in [0.15, 0.2) is 6.07 Å². The van der Waals surface area contributed by atoms with Crippen molar-refractivity contribution >= 4 is 5.97 Å². The van der Waals surface area contributed by atoms with Gasteiger partial charge in [-0.15, -0.1) is 0 Å². The minimum Gasteiger partial charge on any atom is -0.481 e. The third kappa shape index (κ3) is 2.98. The fourth-order valence-electron chi connectivity index (χ4n) is 2.72. The Morgan fingerprint density at radius 3 is 2.32 bits per heavy atom. The smallest absolute Gasteiger partial charge is 0.306 e. The summed E-state index contributed by atoms with van der Waals surface area (Å²) in [6.07, 6.45) is 0.827. The molecule has 1 aromatic carbocycles. The van der Waals surface area contributed by atoms with Crippen LogP contribution in [-0.2, 0) is 11.3 Å². The molecule has 104 valence electrons. The third-order valence-corrected chi connectivity index (χ3v) is 4.47. The molecular weight excluding hydrogens is 238 g/mol. The van der Waals surface area contributed by atoms with Crippen molar-refractivity contribution in [2.24, 2.45) is 11.8 Å². The van der Waals surface area contributed by atoms with Gasteiger partial charge in [-0.3, -0.25) is 4.79 Å². The monoisotopic (exact) mass is 261 g/mol. The zero-order valence-electron chi connectivity index (χ0n) is 12.2. The van der Waals surface area contributed by atoms with Crippen molar-refractivity contribution in [2.45, 2.75) is 40.7 Å². The largest absolute Gasteiger partial charge is 0.481 e. The SMILES string of the molecule is Cc1cc(C)c(C)c(CNCC2CC2C(=O)O)c1C. The summed E-state index contributed by atoms with van der Waals surface area (Å²) >= 11 is 0. The molecule has 0 spiro atoms. The van der Waals surface area contributed by atoms with E-state index in [1.807, 2.05) is 0 Å². The summed E-state index contributed by atoms with van der Waals surface area (Å²) in [4.78, 5) is 10.8. The first-order valence-electron chi connectivity index (χ1n) is 6.91. The van der Waals surface area contributed by atoms with Gasteiger partial charge in [0.25, 0.3) is 0 Å². The van der Waals surface area contributed by atoms with Crippen molar-refractivity contribution in [3.63, 3.8) is 0 Å². The average Bonchev–Trinajstić information content (AvgIpc) is 3.11. The molecule has 19 heavy (non-hydrogen) atoms. The van der Waals surface area contributed by atoms with E-state index in [0.29, 0.717) is 5.92 Å². The highest BCUT2D eigenvalue weighted by Crippen LogP contribution is 2.37. The first-order valence-corrected chi connectivity index (χ1v) is 6.91. The van der Waals surface area contributed by atoms with Gasteiger partial charge in [0, 0.05) is 6.54 Å². The molecule has 0 amide bonds. The highest BCUT2D eigenvalue weighted by atomic mass is 16.4. The van der Waals surface area contributed by atoms with Gasteiger partial charge in [0.2, 0.25) is 0 Å². The summed E-state index contributed by atoms with van der Waals surface area (Å²) in [6.45, 7) is 10.3. The lowest BCUT2D eigenvalue weighted by atomic mass is 9.94. The van der Waals surface area contributed by atoms with E-state index < -0.39 is 5.97 Å². The Morgan fingerprint density at radius 1 is 1.26 bits per heavy atom. The molecule has 0 heterocycles. The van der Waals surface area contributed by atoms with Gasteiger partial charge < -0.3 is 10.4 Å². The fraction of sp³-hybridized carbons (Fsp3) is 0.562. The van der Waals surface area contributed by atoms with Crippen LogP contribution in [0.2, 0.25) is 0 Å². The molecule has 2 rings (SSSR count). The molecule has 3 heteroatoms. The maximum Gasteiger partial charge on any atom is 0.306 e. The van der Waals surface area contributed by atoms with Gasteiger partial charge in [0.1, 0.15) is 0 Å². The second-order valence-electron chi connectivity index (χ2n) is 5.81. The van der Waals surface area contributed by atoms with Crippen LogP contribution in [0.5, 0.6) is 0 Å². The molecule has 2 N–H and O–H groups in total. The predicted octanol–water partition coefficient (Wildman–Crippen LogP) is 2.73. The van der Waals surface area contributed by atoms with Crippen LogP contribution in [0.1, 0.15) is 34.2 Å². The summed E-state index contributed by atoms with van der Waals surface area (Å²) in [5.74, 6) is -0.441. The fourth-order valence-corrected chi connectivity index (χ4v) is 2.72. The lowest BCUT2D eigenvalue weighted by Gasteiger charge is -2.16. The van der Waals surface area contributed by atoms with E-state index in [4.69, 9.17) is 5.11 Å². The summed E-state index contributed by atoms with van der Waals surface area (Å²) in [7, 11) is 0. The minimum atomic E-state index is -0.648. The topological polar surface area (TPSA) is 49.3 Å². The molecule has 1 aliphatic rings. The minimum absolute atomic E-state index is 0.117. The van der Waals surface area contributed by atoms with Gasteiger partial charge in [0.05, 0.1) is 5.92 Å². The first kappa shape index (κ1) is 14.1. The number of hydrogen-bond acceptors (Lipinski definition) is 2.